The summed E-state index contributed by atoms with van der Waals surface area (Å²) in [6, 6.07) is 6.50. The fraction of sp³-hybridized carbons (Fsp3) is 0.385. The van der Waals surface area contributed by atoms with Crippen molar-refractivity contribution >= 4 is 56.7 Å². The van der Waals surface area contributed by atoms with Crippen molar-refractivity contribution in [2.75, 3.05) is 26.0 Å². The van der Waals surface area contributed by atoms with Crippen LogP contribution in [0.5, 0.6) is 0 Å². The van der Waals surface area contributed by atoms with E-state index in [1.165, 1.54) is 9.75 Å². The van der Waals surface area contributed by atoms with Gasteiger partial charge in [0.05, 0.1) is 22.6 Å². The molecule has 1 aliphatic carbocycles. The minimum absolute atomic E-state index is 0.339. The van der Waals surface area contributed by atoms with Crippen LogP contribution in [-0.4, -0.2) is 43.1 Å². The molecule has 1 aliphatic rings. The second-order valence-corrected chi connectivity index (χ2v) is 10.9. The first-order chi connectivity index (χ1) is 16.6. The standard InChI is InChI=1S/C26H28ClN3O2S2/c1-30(2)22-12-6-5-10-19(22)25-20(11-4-3-7-13-32-17-31)24-26(34-25)21(15-23(27)29-24)28-16-18-9-8-14-33-18/h5-6,8-9,14-15,17,19,22H,3,7,10,12-13,16H2,1-2H3,(H,28,29)/t19-,22-/m0/s1. The van der Waals surface area contributed by atoms with Crippen LogP contribution in [0.3, 0.4) is 0 Å². The number of fused-ring (bicyclic) bond motifs is 1. The Morgan fingerprint density at radius 2 is 2.21 bits per heavy atom. The van der Waals surface area contributed by atoms with Crippen LogP contribution in [0.4, 0.5) is 5.69 Å². The maximum atomic E-state index is 10.4. The number of nitrogens with one attached hydrogen (secondary N) is 1. The molecule has 8 heteroatoms. The molecule has 3 aromatic heterocycles. The van der Waals surface area contributed by atoms with Crippen molar-refractivity contribution in [1.29, 1.82) is 0 Å². The summed E-state index contributed by atoms with van der Waals surface area (Å²) in [7, 11) is 4.29. The molecule has 0 bridgehead atoms. The molecule has 1 N–H and O–H groups in total. The normalized spacial score (nSPS) is 17.5. The van der Waals surface area contributed by atoms with Crippen LogP contribution in [0.2, 0.25) is 5.15 Å². The number of allylic oxidation sites excluding steroid dienone is 1. The average Bonchev–Trinajstić information content (AvgIpc) is 3.48. The van der Waals surface area contributed by atoms with Crippen molar-refractivity contribution in [2.45, 2.75) is 44.2 Å². The summed E-state index contributed by atoms with van der Waals surface area (Å²) in [5, 5.41) is 6.12. The van der Waals surface area contributed by atoms with Crippen LogP contribution in [-0.2, 0) is 16.1 Å². The topological polar surface area (TPSA) is 54.5 Å². The quantitative estimate of drug-likeness (QED) is 0.120. The van der Waals surface area contributed by atoms with Crippen molar-refractivity contribution < 1.29 is 9.53 Å². The molecular formula is C26H28ClN3O2S2. The number of ether oxygens (including phenoxy) is 1. The zero-order valence-electron chi connectivity index (χ0n) is 19.3. The number of hydrogen-bond acceptors (Lipinski definition) is 7. The lowest BCUT2D eigenvalue weighted by Gasteiger charge is -2.33. The summed E-state index contributed by atoms with van der Waals surface area (Å²) in [6.07, 6.45) is 7.89. The number of unbranched alkanes of at least 4 members (excludes halogenated alkanes) is 1. The minimum atomic E-state index is 0.339. The van der Waals surface area contributed by atoms with Crippen LogP contribution >= 0.6 is 34.3 Å². The van der Waals surface area contributed by atoms with Gasteiger partial charge in [-0.15, -0.1) is 22.7 Å². The third kappa shape index (κ3) is 5.81. The van der Waals surface area contributed by atoms with Gasteiger partial charge in [0.15, 0.2) is 0 Å². The first-order valence-corrected chi connectivity index (χ1v) is 13.4. The summed E-state index contributed by atoms with van der Waals surface area (Å²) in [6.45, 7) is 1.60. The van der Waals surface area contributed by atoms with E-state index in [-0.39, 0.29) is 0 Å². The SMILES string of the molecule is CN(C)[C@H]1CC=CC[C@@H]1c1sc2c(NCc3cccs3)cc(Cl)nc2c1C#CCCCOC=O. The van der Waals surface area contributed by atoms with E-state index in [0.717, 1.165) is 40.9 Å². The number of hydrogen-bond donors (Lipinski definition) is 1. The Morgan fingerprint density at radius 1 is 1.35 bits per heavy atom. The molecule has 0 aliphatic heterocycles. The van der Waals surface area contributed by atoms with Gasteiger partial charge >= 0.3 is 0 Å². The molecular weight excluding hydrogens is 486 g/mol. The number of nitrogens with zero attached hydrogens (tertiary/aromatic N) is 2. The van der Waals surface area contributed by atoms with Gasteiger partial charge < -0.3 is 15.0 Å². The molecule has 178 valence electrons. The van der Waals surface area contributed by atoms with E-state index in [1.807, 2.05) is 6.07 Å². The molecule has 0 saturated carbocycles. The molecule has 4 rings (SSSR count). The molecule has 0 spiro atoms. The molecule has 5 nitrogen and oxygen atoms in total. The molecule has 0 saturated heterocycles. The monoisotopic (exact) mass is 513 g/mol. The number of anilines is 1. The lowest BCUT2D eigenvalue weighted by atomic mass is 9.85. The highest BCUT2D eigenvalue weighted by atomic mass is 35.5. The Morgan fingerprint density at radius 3 is 2.97 bits per heavy atom. The van der Waals surface area contributed by atoms with Crippen LogP contribution < -0.4 is 5.32 Å². The lowest BCUT2D eigenvalue weighted by Crippen LogP contribution is -2.34. The predicted octanol–water partition coefficient (Wildman–Crippen LogP) is 6.29. The van der Waals surface area contributed by atoms with Crippen molar-refractivity contribution in [3.8, 4) is 11.8 Å². The zero-order valence-corrected chi connectivity index (χ0v) is 21.7. The van der Waals surface area contributed by atoms with Gasteiger partial charge in [0.1, 0.15) is 10.7 Å². The molecule has 3 aromatic rings. The molecule has 0 fully saturated rings. The summed E-state index contributed by atoms with van der Waals surface area (Å²) < 4.78 is 5.89. The average molecular weight is 514 g/mol. The second kappa shape index (κ2) is 11.9. The predicted molar refractivity (Wildman–Crippen MR) is 143 cm³/mol. The van der Waals surface area contributed by atoms with Gasteiger partial charge in [0.2, 0.25) is 0 Å². The highest BCUT2D eigenvalue weighted by Gasteiger charge is 2.30. The Bertz CT molecular complexity index is 1210. The molecule has 3 heterocycles. The number of pyridine rings is 1. The third-order valence-corrected chi connectivity index (χ3v) is 8.33. The maximum absolute atomic E-state index is 10.4. The number of thiophene rings is 2. The number of carbonyl (C=O) groups excluding carboxylic acids is 1. The maximum Gasteiger partial charge on any atom is 0.293 e. The zero-order chi connectivity index (χ0) is 23.9. The molecule has 0 unspecified atom stereocenters. The van der Waals surface area contributed by atoms with E-state index in [0.29, 0.717) is 43.0 Å². The van der Waals surface area contributed by atoms with Gasteiger partial charge in [-0.1, -0.05) is 41.7 Å². The summed E-state index contributed by atoms with van der Waals surface area (Å²) in [4.78, 5) is 19.9. The molecule has 0 amide bonds. The molecule has 34 heavy (non-hydrogen) atoms. The van der Waals surface area contributed by atoms with E-state index >= 15 is 0 Å². The second-order valence-electron chi connectivity index (χ2n) is 8.40. The number of halogens is 1. The lowest BCUT2D eigenvalue weighted by molar-refractivity contribution is -0.128. The smallest absolute Gasteiger partial charge is 0.293 e. The third-order valence-electron chi connectivity index (χ3n) is 5.91. The Hall–Kier alpha value is -2.37. The fourth-order valence-corrected chi connectivity index (χ4v) is 6.45. The highest BCUT2D eigenvalue weighted by Crippen LogP contribution is 2.44. The van der Waals surface area contributed by atoms with Gasteiger partial charge in [-0.2, -0.15) is 0 Å². The first kappa shape index (κ1) is 24.7. The largest absolute Gasteiger partial charge is 0.468 e. The van der Waals surface area contributed by atoms with Gasteiger partial charge in [0.25, 0.3) is 6.47 Å². The molecule has 0 radical (unpaired) electrons. The first-order valence-electron chi connectivity index (χ1n) is 11.3. The Kier molecular flexibility index (Phi) is 8.63. The van der Waals surface area contributed by atoms with Gasteiger partial charge in [-0.25, -0.2) is 4.98 Å². The van der Waals surface area contributed by atoms with Crippen molar-refractivity contribution in [3.63, 3.8) is 0 Å². The van der Waals surface area contributed by atoms with Crippen molar-refractivity contribution in [2.24, 2.45) is 0 Å². The number of carbonyl (C=O) groups is 1. The van der Waals surface area contributed by atoms with Crippen molar-refractivity contribution in [3.05, 3.63) is 56.2 Å². The van der Waals surface area contributed by atoms with E-state index in [4.69, 9.17) is 21.3 Å². The van der Waals surface area contributed by atoms with E-state index in [9.17, 15) is 4.79 Å². The number of rotatable bonds is 9. The highest BCUT2D eigenvalue weighted by molar-refractivity contribution is 7.20. The van der Waals surface area contributed by atoms with Crippen LogP contribution in [0, 0.1) is 11.8 Å². The summed E-state index contributed by atoms with van der Waals surface area (Å²) in [5.74, 6) is 7.04. The Labute approximate surface area is 213 Å². The van der Waals surface area contributed by atoms with Crippen LogP contribution in [0.1, 0.15) is 46.9 Å². The molecule has 2 atom stereocenters. The van der Waals surface area contributed by atoms with E-state index in [2.05, 4.69) is 65.8 Å². The minimum Gasteiger partial charge on any atom is -0.468 e. The van der Waals surface area contributed by atoms with Crippen LogP contribution in [0.25, 0.3) is 10.2 Å². The fourth-order valence-electron chi connectivity index (χ4n) is 4.26. The number of likely N-dealkylation sites (N-methyl/N-ethyl adjacent to an activating group) is 1. The summed E-state index contributed by atoms with van der Waals surface area (Å²) >= 11 is 10.0. The van der Waals surface area contributed by atoms with E-state index in [1.54, 1.807) is 22.7 Å². The number of aromatic nitrogens is 1. The van der Waals surface area contributed by atoms with Gasteiger partial charge in [-0.3, -0.25) is 4.79 Å². The Balaban J connectivity index is 1.75. The van der Waals surface area contributed by atoms with Gasteiger partial charge in [-0.05, 0) is 44.8 Å². The van der Waals surface area contributed by atoms with E-state index < -0.39 is 0 Å². The van der Waals surface area contributed by atoms with Crippen molar-refractivity contribution in [1.82, 2.24) is 9.88 Å². The summed E-state index contributed by atoms with van der Waals surface area (Å²) in [5.41, 5.74) is 2.84. The molecule has 0 aromatic carbocycles. The van der Waals surface area contributed by atoms with Gasteiger partial charge in [0, 0.05) is 40.7 Å². The van der Waals surface area contributed by atoms with Crippen LogP contribution in [0.15, 0.2) is 35.7 Å².